The molecule has 0 atom stereocenters. The molecule has 0 amide bonds. The van der Waals surface area contributed by atoms with Gasteiger partial charge in [0.1, 0.15) is 12.6 Å². The normalized spacial score (nSPS) is 12.6. The van der Waals surface area contributed by atoms with Crippen LogP contribution in [0.5, 0.6) is 0 Å². The number of para-hydroxylation sites is 1. The first kappa shape index (κ1) is 14.5. The first-order chi connectivity index (χ1) is 13.7. The van der Waals surface area contributed by atoms with Crippen molar-refractivity contribution in [3.8, 4) is 0 Å². The van der Waals surface area contributed by atoms with Gasteiger partial charge in [-0.05, 0) is 30.7 Å². The molecule has 7 rings (SSSR count). The van der Waals surface area contributed by atoms with Crippen LogP contribution in [0, 0.1) is 6.92 Å². The van der Waals surface area contributed by atoms with Crippen LogP contribution in [-0.4, -0.2) is 4.40 Å². The van der Waals surface area contributed by atoms with Crippen LogP contribution in [0.4, 0.5) is 0 Å². The second-order valence-corrected chi connectivity index (χ2v) is 7.80. The molecule has 0 N–H and O–H groups in total. The SMILES string of the molecule is Cc1ccc2c3ccccc3n3c2c1c1c2c(cc[n+]1C)cc1occc1c23. The summed E-state index contributed by atoms with van der Waals surface area (Å²) >= 11 is 0. The molecule has 4 heterocycles. The highest BCUT2D eigenvalue weighted by atomic mass is 16.3. The van der Waals surface area contributed by atoms with Crippen molar-refractivity contribution < 1.29 is 8.98 Å². The fourth-order valence-corrected chi connectivity index (χ4v) is 5.16. The lowest BCUT2D eigenvalue weighted by molar-refractivity contribution is -0.643. The molecule has 3 nitrogen and oxygen atoms in total. The lowest BCUT2D eigenvalue weighted by atomic mass is 9.98. The molecule has 0 bridgehead atoms. The Balaban J connectivity index is 2.06. The van der Waals surface area contributed by atoms with Gasteiger partial charge in [0, 0.05) is 27.6 Å². The van der Waals surface area contributed by atoms with Gasteiger partial charge in [-0.2, -0.15) is 0 Å². The zero-order valence-electron chi connectivity index (χ0n) is 15.7. The fourth-order valence-electron chi connectivity index (χ4n) is 5.16. The van der Waals surface area contributed by atoms with Crippen LogP contribution in [0.2, 0.25) is 0 Å². The van der Waals surface area contributed by atoms with Crippen LogP contribution < -0.4 is 4.57 Å². The number of furan rings is 1. The zero-order chi connectivity index (χ0) is 18.6. The molecule has 132 valence electrons. The molecule has 0 aliphatic heterocycles. The Kier molecular flexibility index (Phi) is 2.39. The van der Waals surface area contributed by atoms with Gasteiger partial charge < -0.3 is 8.82 Å². The molecular weight excluding hydrogens is 344 g/mol. The molecular formula is C25H17N2O+. The van der Waals surface area contributed by atoms with Crippen LogP contribution >= 0.6 is 0 Å². The van der Waals surface area contributed by atoms with Crippen molar-refractivity contribution in [2.75, 3.05) is 0 Å². The van der Waals surface area contributed by atoms with E-state index < -0.39 is 0 Å². The molecule has 28 heavy (non-hydrogen) atoms. The van der Waals surface area contributed by atoms with E-state index in [2.05, 4.69) is 83.7 Å². The van der Waals surface area contributed by atoms with Crippen molar-refractivity contribution in [3.05, 3.63) is 72.6 Å². The van der Waals surface area contributed by atoms with Crippen LogP contribution in [0.3, 0.4) is 0 Å². The highest BCUT2D eigenvalue weighted by Crippen LogP contribution is 2.42. The molecule has 0 spiro atoms. The minimum Gasteiger partial charge on any atom is -0.464 e. The van der Waals surface area contributed by atoms with E-state index in [-0.39, 0.29) is 0 Å². The largest absolute Gasteiger partial charge is 0.464 e. The topological polar surface area (TPSA) is 21.4 Å². The highest BCUT2D eigenvalue weighted by molar-refractivity contribution is 6.29. The average Bonchev–Trinajstić information content (AvgIpc) is 3.31. The van der Waals surface area contributed by atoms with Crippen LogP contribution in [-0.2, 0) is 7.05 Å². The maximum atomic E-state index is 5.84. The van der Waals surface area contributed by atoms with E-state index in [0.717, 1.165) is 11.0 Å². The summed E-state index contributed by atoms with van der Waals surface area (Å²) in [5.41, 5.74) is 7.30. The number of hydrogen-bond donors (Lipinski definition) is 0. The minimum absolute atomic E-state index is 0.935. The molecule has 0 fully saturated rings. The molecule has 0 saturated carbocycles. The van der Waals surface area contributed by atoms with E-state index in [1.54, 1.807) is 6.26 Å². The number of aryl methyl sites for hydroxylation is 2. The summed E-state index contributed by atoms with van der Waals surface area (Å²) in [7, 11) is 2.15. The van der Waals surface area contributed by atoms with Crippen molar-refractivity contribution in [1.29, 1.82) is 0 Å². The van der Waals surface area contributed by atoms with Gasteiger partial charge in [-0.1, -0.05) is 30.3 Å². The van der Waals surface area contributed by atoms with Gasteiger partial charge in [0.15, 0.2) is 6.20 Å². The third-order valence-corrected chi connectivity index (χ3v) is 6.33. The van der Waals surface area contributed by atoms with Crippen molar-refractivity contribution in [2.45, 2.75) is 6.92 Å². The van der Waals surface area contributed by atoms with Gasteiger partial charge in [0.25, 0.3) is 0 Å². The van der Waals surface area contributed by atoms with Gasteiger partial charge in [-0.15, -0.1) is 0 Å². The molecule has 7 aromatic rings. The van der Waals surface area contributed by atoms with Gasteiger partial charge in [-0.25, -0.2) is 4.57 Å². The standard InChI is InChI=1S/C25H17N2O/c1-14-7-8-17-16-5-3-4-6-19(16)27-23(17)21(14)25-22-15(9-11-26(25)2)13-20-18(24(22)27)10-12-28-20/h3-13H,1-2H3/q+1. The molecule has 0 aliphatic carbocycles. The van der Waals surface area contributed by atoms with Gasteiger partial charge in [0.2, 0.25) is 5.52 Å². The maximum absolute atomic E-state index is 5.84. The summed E-state index contributed by atoms with van der Waals surface area (Å²) in [6, 6.07) is 19.7. The number of hydrogen-bond acceptors (Lipinski definition) is 1. The van der Waals surface area contributed by atoms with Gasteiger partial charge in [-0.3, -0.25) is 0 Å². The Morgan fingerprint density at radius 1 is 0.857 bits per heavy atom. The molecule has 4 aromatic heterocycles. The smallest absolute Gasteiger partial charge is 0.224 e. The monoisotopic (exact) mass is 361 g/mol. The van der Waals surface area contributed by atoms with Crippen molar-refractivity contribution in [2.24, 2.45) is 7.05 Å². The van der Waals surface area contributed by atoms with Gasteiger partial charge >= 0.3 is 0 Å². The average molecular weight is 361 g/mol. The van der Waals surface area contributed by atoms with Gasteiger partial charge in [0.05, 0.1) is 33.6 Å². The summed E-state index contributed by atoms with van der Waals surface area (Å²) in [6.45, 7) is 2.22. The number of pyridine rings is 2. The Morgan fingerprint density at radius 3 is 2.64 bits per heavy atom. The Morgan fingerprint density at radius 2 is 1.71 bits per heavy atom. The first-order valence-electron chi connectivity index (χ1n) is 9.60. The number of aromatic nitrogens is 2. The Hall–Kier alpha value is -3.59. The molecule has 3 aromatic carbocycles. The molecule has 3 heteroatoms. The number of rotatable bonds is 0. The van der Waals surface area contributed by atoms with Crippen molar-refractivity contribution in [3.63, 3.8) is 0 Å². The summed E-state index contributed by atoms with van der Waals surface area (Å²) in [6.07, 6.45) is 3.96. The van der Waals surface area contributed by atoms with E-state index in [1.165, 1.54) is 54.6 Å². The van der Waals surface area contributed by atoms with Crippen molar-refractivity contribution in [1.82, 2.24) is 4.40 Å². The van der Waals surface area contributed by atoms with E-state index in [9.17, 15) is 0 Å². The Labute approximate surface area is 160 Å². The summed E-state index contributed by atoms with van der Waals surface area (Å²) in [5, 5.41) is 7.60. The molecule has 0 unspecified atom stereocenters. The number of nitrogens with zero attached hydrogens (tertiary/aromatic N) is 2. The highest BCUT2D eigenvalue weighted by Gasteiger charge is 2.25. The fraction of sp³-hybridized carbons (Fsp3) is 0.0800. The predicted molar refractivity (Wildman–Crippen MR) is 114 cm³/mol. The predicted octanol–water partition coefficient (Wildman–Crippen LogP) is 5.87. The summed E-state index contributed by atoms with van der Waals surface area (Å²) in [4.78, 5) is 0. The minimum atomic E-state index is 0.935. The third-order valence-electron chi connectivity index (χ3n) is 6.33. The lowest BCUT2D eigenvalue weighted by Gasteiger charge is -2.13. The second kappa shape index (κ2) is 4.63. The number of fused-ring (bicyclic) bond motifs is 7. The zero-order valence-corrected chi connectivity index (χ0v) is 15.7. The van der Waals surface area contributed by atoms with E-state index in [1.807, 2.05) is 0 Å². The number of benzene rings is 3. The van der Waals surface area contributed by atoms with Crippen LogP contribution in [0.25, 0.3) is 60.0 Å². The molecule has 0 radical (unpaired) electrons. The summed E-state index contributed by atoms with van der Waals surface area (Å²) < 4.78 is 10.6. The van der Waals surface area contributed by atoms with Crippen molar-refractivity contribution >= 4 is 60.0 Å². The lowest BCUT2D eigenvalue weighted by Crippen LogP contribution is -2.28. The first-order valence-corrected chi connectivity index (χ1v) is 9.60. The quantitative estimate of drug-likeness (QED) is 0.188. The Bertz CT molecular complexity index is 1720. The van der Waals surface area contributed by atoms with E-state index in [0.29, 0.717) is 0 Å². The van der Waals surface area contributed by atoms with Crippen LogP contribution in [0.1, 0.15) is 5.56 Å². The molecule has 0 aliphatic rings. The third kappa shape index (κ3) is 1.48. The van der Waals surface area contributed by atoms with E-state index >= 15 is 0 Å². The van der Waals surface area contributed by atoms with Crippen LogP contribution in [0.15, 0.2) is 71.5 Å². The second-order valence-electron chi connectivity index (χ2n) is 7.80. The van der Waals surface area contributed by atoms with E-state index in [4.69, 9.17) is 4.42 Å². The summed E-state index contributed by atoms with van der Waals surface area (Å²) in [5.74, 6) is 0. The molecule has 0 saturated heterocycles. The maximum Gasteiger partial charge on any atom is 0.224 e.